The maximum absolute atomic E-state index is 12.9. The van der Waals surface area contributed by atoms with Crippen LogP contribution in [0.5, 0.6) is 0 Å². The van der Waals surface area contributed by atoms with Crippen molar-refractivity contribution in [3.8, 4) is 11.3 Å². The number of rotatable bonds is 8. The van der Waals surface area contributed by atoms with E-state index in [2.05, 4.69) is 20.0 Å². The van der Waals surface area contributed by atoms with Crippen LogP contribution in [0.1, 0.15) is 18.4 Å². The van der Waals surface area contributed by atoms with E-state index in [0.29, 0.717) is 28.5 Å². The van der Waals surface area contributed by atoms with E-state index in [0.717, 1.165) is 43.7 Å². The molecule has 1 aliphatic rings. The summed E-state index contributed by atoms with van der Waals surface area (Å²) in [5, 5.41) is 3.43. The summed E-state index contributed by atoms with van der Waals surface area (Å²) in [6, 6.07) is 20.0. The molecule has 1 aliphatic heterocycles. The Kier molecular flexibility index (Phi) is 6.98. The standard InChI is InChI=1S/C26H27N5O3S/c32-35(33,30-17-19-5-2-1-3-6-19)22-8-4-7-21(15-22)23-9-10-24-25(31-23)26(29-18-28-24)27-16-20-11-13-34-14-12-20/h1-10,15,18,20,30H,11-14,16-17H2,(H,27,28,29). The summed E-state index contributed by atoms with van der Waals surface area (Å²) < 4.78 is 34.0. The topological polar surface area (TPSA) is 106 Å². The Balaban J connectivity index is 1.38. The first-order chi connectivity index (χ1) is 17.1. The van der Waals surface area contributed by atoms with E-state index in [9.17, 15) is 8.42 Å². The lowest BCUT2D eigenvalue weighted by Gasteiger charge is -2.22. The van der Waals surface area contributed by atoms with Crippen molar-refractivity contribution >= 4 is 26.9 Å². The number of fused-ring (bicyclic) bond motifs is 1. The number of nitrogens with zero attached hydrogens (tertiary/aromatic N) is 3. The van der Waals surface area contributed by atoms with E-state index >= 15 is 0 Å². The van der Waals surface area contributed by atoms with Crippen LogP contribution in [0.2, 0.25) is 0 Å². The van der Waals surface area contributed by atoms with Crippen LogP contribution in [0.3, 0.4) is 0 Å². The zero-order chi connectivity index (χ0) is 24.1. The Morgan fingerprint density at radius 2 is 1.77 bits per heavy atom. The number of nitrogens with one attached hydrogen (secondary N) is 2. The van der Waals surface area contributed by atoms with Crippen molar-refractivity contribution in [3.63, 3.8) is 0 Å². The molecule has 35 heavy (non-hydrogen) atoms. The summed E-state index contributed by atoms with van der Waals surface area (Å²) in [6.45, 7) is 2.60. The SMILES string of the molecule is O=S(=O)(NCc1ccccc1)c1cccc(-c2ccc3ncnc(NCC4CCOCC4)c3n2)c1. The van der Waals surface area contributed by atoms with Gasteiger partial charge in [0.05, 0.1) is 16.1 Å². The van der Waals surface area contributed by atoms with Crippen LogP contribution in [-0.4, -0.2) is 43.1 Å². The van der Waals surface area contributed by atoms with Gasteiger partial charge in [-0.15, -0.1) is 0 Å². The molecule has 0 bridgehead atoms. The van der Waals surface area contributed by atoms with Gasteiger partial charge in [0.25, 0.3) is 0 Å². The van der Waals surface area contributed by atoms with Gasteiger partial charge in [-0.05, 0) is 48.6 Å². The number of anilines is 1. The molecule has 0 radical (unpaired) electrons. The van der Waals surface area contributed by atoms with Gasteiger partial charge in [0.15, 0.2) is 5.82 Å². The lowest BCUT2D eigenvalue weighted by atomic mass is 10.0. The summed E-state index contributed by atoms with van der Waals surface area (Å²) in [5.74, 6) is 1.21. The molecule has 5 rings (SSSR count). The predicted octanol–water partition coefficient (Wildman–Crippen LogP) is 4.01. The van der Waals surface area contributed by atoms with E-state index in [1.807, 2.05) is 48.5 Å². The Morgan fingerprint density at radius 1 is 0.943 bits per heavy atom. The monoisotopic (exact) mass is 489 g/mol. The van der Waals surface area contributed by atoms with Gasteiger partial charge in [0, 0.05) is 31.9 Å². The Morgan fingerprint density at radius 3 is 2.60 bits per heavy atom. The number of pyridine rings is 1. The number of hydrogen-bond donors (Lipinski definition) is 2. The van der Waals surface area contributed by atoms with Gasteiger partial charge in [-0.1, -0.05) is 42.5 Å². The number of aromatic nitrogens is 3. The second-order valence-electron chi connectivity index (χ2n) is 8.56. The average molecular weight is 490 g/mol. The highest BCUT2D eigenvalue weighted by Crippen LogP contribution is 2.26. The molecule has 0 atom stereocenters. The molecule has 180 valence electrons. The molecule has 3 heterocycles. The van der Waals surface area contributed by atoms with Gasteiger partial charge in [-0.25, -0.2) is 28.1 Å². The molecule has 0 aliphatic carbocycles. The highest BCUT2D eigenvalue weighted by atomic mass is 32.2. The molecule has 9 heteroatoms. The van der Waals surface area contributed by atoms with Gasteiger partial charge in [-0.3, -0.25) is 0 Å². The Bertz CT molecular complexity index is 1410. The smallest absolute Gasteiger partial charge is 0.240 e. The largest absolute Gasteiger partial charge is 0.381 e. The van der Waals surface area contributed by atoms with Crippen LogP contribution in [0.4, 0.5) is 5.82 Å². The Hall–Kier alpha value is -3.40. The molecule has 0 spiro atoms. The summed E-state index contributed by atoms with van der Waals surface area (Å²) in [5.41, 5.74) is 3.64. The molecular weight excluding hydrogens is 462 g/mol. The number of hydrogen-bond acceptors (Lipinski definition) is 7. The first-order valence-electron chi connectivity index (χ1n) is 11.7. The van der Waals surface area contributed by atoms with Crippen molar-refractivity contribution in [1.82, 2.24) is 19.7 Å². The van der Waals surface area contributed by atoms with Crippen LogP contribution in [0, 0.1) is 5.92 Å². The number of sulfonamides is 1. The van der Waals surface area contributed by atoms with Crippen LogP contribution < -0.4 is 10.0 Å². The lowest BCUT2D eigenvalue weighted by molar-refractivity contribution is 0.0699. The highest BCUT2D eigenvalue weighted by molar-refractivity contribution is 7.89. The molecule has 0 saturated carbocycles. The second-order valence-corrected chi connectivity index (χ2v) is 10.3. The average Bonchev–Trinajstić information content (AvgIpc) is 2.92. The van der Waals surface area contributed by atoms with E-state index in [1.165, 1.54) is 6.33 Å². The molecule has 1 saturated heterocycles. The van der Waals surface area contributed by atoms with E-state index in [-0.39, 0.29) is 11.4 Å². The summed E-state index contributed by atoms with van der Waals surface area (Å²) in [7, 11) is -3.69. The van der Waals surface area contributed by atoms with Gasteiger partial charge in [0.1, 0.15) is 11.8 Å². The molecule has 8 nitrogen and oxygen atoms in total. The summed E-state index contributed by atoms with van der Waals surface area (Å²) >= 11 is 0. The molecule has 4 aromatic rings. The minimum atomic E-state index is -3.69. The third-order valence-electron chi connectivity index (χ3n) is 6.13. The zero-order valence-electron chi connectivity index (χ0n) is 19.2. The van der Waals surface area contributed by atoms with Gasteiger partial charge in [-0.2, -0.15) is 0 Å². The quantitative estimate of drug-likeness (QED) is 0.385. The van der Waals surface area contributed by atoms with Crippen molar-refractivity contribution in [2.24, 2.45) is 5.92 Å². The summed E-state index contributed by atoms with van der Waals surface area (Å²) in [4.78, 5) is 13.7. The number of ether oxygens (including phenoxy) is 1. The minimum Gasteiger partial charge on any atom is -0.381 e. The van der Waals surface area contributed by atoms with Gasteiger partial charge in [0.2, 0.25) is 10.0 Å². The molecule has 2 N–H and O–H groups in total. The molecular formula is C26H27N5O3S. The molecule has 2 aromatic carbocycles. The zero-order valence-corrected chi connectivity index (χ0v) is 20.0. The van der Waals surface area contributed by atoms with Crippen molar-refractivity contribution in [3.05, 3.63) is 78.6 Å². The van der Waals surface area contributed by atoms with Crippen molar-refractivity contribution in [2.75, 3.05) is 25.1 Å². The van der Waals surface area contributed by atoms with Crippen LogP contribution in [0.25, 0.3) is 22.3 Å². The molecule has 0 amide bonds. The minimum absolute atomic E-state index is 0.190. The van der Waals surface area contributed by atoms with Crippen LogP contribution in [0.15, 0.2) is 78.0 Å². The lowest BCUT2D eigenvalue weighted by Crippen LogP contribution is -2.23. The maximum atomic E-state index is 12.9. The van der Waals surface area contributed by atoms with Crippen LogP contribution >= 0.6 is 0 Å². The highest BCUT2D eigenvalue weighted by Gasteiger charge is 2.17. The summed E-state index contributed by atoms with van der Waals surface area (Å²) in [6.07, 6.45) is 3.57. The third-order valence-corrected chi connectivity index (χ3v) is 7.53. The van der Waals surface area contributed by atoms with E-state index < -0.39 is 10.0 Å². The van der Waals surface area contributed by atoms with Crippen LogP contribution in [-0.2, 0) is 21.3 Å². The van der Waals surface area contributed by atoms with Crippen molar-refractivity contribution < 1.29 is 13.2 Å². The fraction of sp³-hybridized carbons (Fsp3) is 0.269. The predicted molar refractivity (Wildman–Crippen MR) is 135 cm³/mol. The van der Waals surface area contributed by atoms with Gasteiger partial charge >= 0.3 is 0 Å². The number of benzene rings is 2. The van der Waals surface area contributed by atoms with Gasteiger partial charge < -0.3 is 10.1 Å². The first-order valence-corrected chi connectivity index (χ1v) is 13.1. The second kappa shape index (κ2) is 10.5. The van der Waals surface area contributed by atoms with Crippen molar-refractivity contribution in [2.45, 2.75) is 24.3 Å². The maximum Gasteiger partial charge on any atom is 0.240 e. The molecule has 2 aromatic heterocycles. The molecule has 0 unspecified atom stereocenters. The normalized spacial score (nSPS) is 14.7. The van der Waals surface area contributed by atoms with E-state index in [1.54, 1.807) is 18.2 Å². The third kappa shape index (κ3) is 5.64. The first kappa shape index (κ1) is 23.3. The molecule has 1 fully saturated rings. The fourth-order valence-corrected chi connectivity index (χ4v) is 5.17. The van der Waals surface area contributed by atoms with Crippen molar-refractivity contribution in [1.29, 1.82) is 0 Å². The Labute approximate surface area is 204 Å². The fourth-order valence-electron chi connectivity index (χ4n) is 4.10. The van der Waals surface area contributed by atoms with E-state index in [4.69, 9.17) is 9.72 Å².